The number of nitrogens with one attached hydrogen (secondary N) is 1. The van der Waals surface area contributed by atoms with Gasteiger partial charge in [-0.2, -0.15) is 0 Å². The molecule has 0 amide bonds. The number of esters is 1. The van der Waals surface area contributed by atoms with Crippen LogP contribution in [0.4, 0.5) is 0 Å². The summed E-state index contributed by atoms with van der Waals surface area (Å²) in [5.74, 6) is -0.162. The minimum Gasteiger partial charge on any atom is -0.492 e. The highest BCUT2D eigenvalue weighted by Crippen LogP contribution is 2.23. The van der Waals surface area contributed by atoms with E-state index in [0.717, 1.165) is 12.8 Å². The molecular formula is C19H23N3O4. The molecule has 0 saturated heterocycles. The van der Waals surface area contributed by atoms with E-state index in [0.29, 0.717) is 49.7 Å². The number of rotatable bonds is 6. The van der Waals surface area contributed by atoms with Crippen LogP contribution in [0.25, 0.3) is 0 Å². The Morgan fingerprint density at radius 1 is 1.31 bits per heavy atom. The first-order chi connectivity index (χ1) is 12.7. The zero-order valence-corrected chi connectivity index (χ0v) is 14.9. The van der Waals surface area contributed by atoms with Gasteiger partial charge in [0.25, 0.3) is 5.56 Å². The van der Waals surface area contributed by atoms with Gasteiger partial charge in [-0.05, 0) is 30.5 Å². The molecule has 0 unspecified atom stereocenters. The van der Waals surface area contributed by atoms with Crippen LogP contribution in [0.15, 0.2) is 35.4 Å². The van der Waals surface area contributed by atoms with Crippen LogP contribution < -0.4 is 15.6 Å². The number of pyridine rings is 2. The quantitative estimate of drug-likeness (QED) is 0.618. The van der Waals surface area contributed by atoms with Crippen LogP contribution in [-0.4, -0.2) is 42.3 Å². The Kier molecular flexibility index (Phi) is 6.01. The maximum absolute atomic E-state index is 12.5. The molecule has 0 aromatic carbocycles. The summed E-state index contributed by atoms with van der Waals surface area (Å²) in [5, 5.41) is 3.24. The second-order valence-corrected chi connectivity index (χ2v) is 6.12. The Bertz CT molecular complexity index is 818. The molecule has 0 radical (unpaired) electrons. The third kappa shape index (κ3) is 4.11. The van der Waals surface area contributed by atoms with Crippen molar-refractivity contribution >= 4 is 5.97 Å². The minimum absolute atomic E-state index is 0.152. The van der Waals surface area contributed by atoms with Gasteiger partial charge in [0.2, 0.25) is 0 Å². The van der Waals surface area contributed by atoms with Crippen LogP contribution in [0.3, 0.4) is 0 Å². The molecule has 138 valence electrons. The fourth-order valence-electron chi connectivity index (χ4n) is 3.14. The Morgan fingerprint density at radius 2 is 2.12 bits per heavy atom. The van der Waals surface area contributed by atoms with Crippen molar-refractivity contribution in [2.24, 2.45) is 0 Å². The fourth-order valence-corrected chi connectivity index (χ4v) is 3.14. The maximum Gasteiger partial charge on any atom is 0.343 e. The van der Waals surface area contributed by atoms with Crippen LogP contribution in [0.5, 0.6) is 5.75 Å². The van der Waals surface area contributed by atoms with Crippen molar-refractivity contribution in [3.63, 3.8) is 0 Å². The van der Waals surface area contributed by atoms with Gasteiger partial charge < -0.3 is 19.4 Å². The van der Waals surface area contributed by atoms with Crippen molar-refractivity contribution in [2.45, 2.75) is 25.8 Å². The highest BCUT2D eigenvalue weighted by Gasteiger charge is 2.24. The van der Waals surface area contributed by atoms with Crippen LogP contribution >= 0.6 is 0 Å². The molecule has 0 atom stereocenters. The minimum atomic E-state index is -0.472. The van der Waals surface area contributed by atoms with Gasteiger partial charge in [0.05, 0.1) is 13.7 Å². The van der Waals surface area contributed by atoms with Crippen molar-refractivity contribution in [3.05, 3.63) is 57.8 Å². The van der Waals surface area contributed by atoms with Gasteiger partial charge in [-0.3, -0.25) is 9.78 Å². The van der Waals surface area contributed by atoms with Gasteiger partial charge in [-0.15, -0.1) is 0 Å². The second kappa shape index (κ2) is 8.62. The number of nitrogens with zero attached hydrogens (tertiary/aromatic N) is 2. The summed E-state index contributed by atoms with van der Waals surface area (Å²) in [6.45, 7) is 2.34. The molecule has 0 spiro atoms. The summed E-state index contributed by atoms with van der Waals surface area (Å²) in [5.41, 5.74) is 2.06. The Morgan fingerprint density at radius 3 is 2.88 bits per heavy atom. The molecule has 0 aliphatic carbocycles. The molecule has 0 bridgehead atoms. The highest BCUT2D eigenvalue weighted by atomic mass is 16.5. The SMILES string of the molecule is COC(=O)c1c(OCCCc2ccncc2)cc(=O)n2c1CCNCC2. The van der Waals surface area contributed by atoms with E-state index in [1.807, 2.05) is 12.1 Å². The summed E-state index contributed by atoms with van der Waals surface area (Å²) in [6, 6.07) is 5.32. The molecule has 3 heterocycles. The Hall–Kier alpha value is -2.67. The zero-order valence-electron chi connectivity index (χ0n) is 14.9. The zero-order chi connectivity index (χ0) is 18.4. The standard InChI is InChI=1S/C19H23N3O4/c1-25-19(24)18-15-6-9-21-10-11-22(15)17(23)13-16(18)26-12-2-3-14-4-7-20-8-5-14/h4-5,7-8,13,21H,2-3,6,9-12H2,1H3. The van der Waals surface area contributed by atoms with E-state index in [2.05, 4.69) is 10.3 Å². The smallest absolute Gasteiger partial charge is 0.343 e. The molecule has 3 rings (SSSR count). The van der Waals surface area contributed by atoms with Crippen LogP contribution in [0, 0.1) is 0 Å². The number of hydrogen-bond donors (Lipinski definition) is 1. The lowest BCUT2D eigenvalue weighted by Crippen LogP contribution is -2.27. The molecule has 26 heavy (non-hydrogen) atoms. The predicted octanol–water partition coefficient (Wildman–Crippen LogP) is 1.19. The number of carbonyl (C=O) groups is 1. The third-order valence-corrected chi connectivity index (χ3v) is 4.44. The number of aryl methyl sites for hydroxylation is 1. The number of fused-ring (bicyclic) bond motifs is 1. The van der Waals surface area contributed by atoms with Gasteiger partial charge in [-0.1, -0.05) is 0 Å². The van der Waals surface area contributed by atoms with E-state index in [-0.39, 0.29) is 5.56 Å². The highest BCUT2D eigenvalue weighted by molar-refractivity contribution is 5.93. The van der Waals surface area contributed by atoms with E-state index < -0.39 is 5.97 Å². The first-order valence-corrected chi connectivity index (χ1v) is 8.78. The lowest BCUT2D eigenvalue weighted by molar-refractivity contribution is 0.0593. The molecule has 7 heteroatoms. The number of methoxy groups -OCH3 is 1. The molecule has 7 nitrogen and oxygen atoms in total. The Labute approximate surface area is 152 Å². The van der Waals surface area contributed by atoms with Crippen molar-refractivity contribution in [2.75, 3.05) is 26.8 Å². The summed E-state index contributed by atoms with van der Waals surface area (Å²) >= 11 is 0. The maximum atomic E-state index is 12.5. The van der Waals surface area contributed by atoms with Crippen molar-refractivity contribution in [1.82, 2.24) is 14.9 Å². The average Bonchev–Trinajstić information content (AvgIpc) is 2.92. The van der Waals surface area contributed by atoms with Gasteiger partial charge >= 0.3 is 5.97 Å². The first kappa shape index (κ1) is 18.1. The number of aromatic nitrogens is 2. The molecule has 2 aromatic heterocycles. The number of hydrogen-bond acceptors (Lipinski definition) is 6. The third-order valence-electron chi connectivity index (χ3n) is 4.44. The molecule has 1 aliphatic heterocycles. The van der Waals surface area contributed by atoms with E-state index in [1.54, 1.807) is 17.0 Å². The fraction of sp³-hybridized carbons (Fsp3) is 0.421. The van der Waals surface area contributed by atoms with Gasteiger partial charge in [-0.25, -0.2) is 4.79 Å². The summed E-state index contributed by atoms with van der Waals surface area (Å²) in [7, 11) is 1.34. The molecular weight excluding hydrogens is 334 g/mol. The lowest BCUT2D eigenvalue weighted by atomic mass is 10.1. The molecule has 2 aromatic rings. The Balaban J connectivity index is 1.79. The van der Waals surface area contributed by atoms with Gasteiger partial charge in [0.1, 0.15) is 11.3 Å². The molecule has 1 aliphatic rings. The van der Waals surface area contributed by atoms with E-state index in [1.165, 1.54) is 18.7 Å². The number of ether oxygens (including phenoxy) is 2. The van der Waals surface area contributed by atoms with Crippen molar-refractivity contribution in [1.29, 1.82) is 0 Å². The summed E-state index contributed by atoms with van der Waals surface area (Å²) < 4.78 is 12.4. The van der Waals surface area contributed by atoms with Crippen molar-refractivity contribution < 1.29 is 14.3 Å². The number of carbonyl (C=O) groups excluding carboxylic acids is 1. The second-order valence-electron chi connectivity index (χ2n) is 6.12. The van der Waals surface area contributed by atoms with Crippen LogP contribution in [0.2, 0.25) is 0 Å². The van der Waals surface area contributed by atoms with Crippen LogP contribution in [0.1, 0.15) is 28.0 Å². The largest absolute Gasteiger partial charge is 0.492 e. The molecule has 0 saturated carbocycles. The van der Waals surface area contributed by atoms with Crippen LogP contribution in [-0.2, 0) is 24.1 Å². The normalized spacial score (nSPS) is 13.6. The van der Waals surface area contributed by atoms with E-state index in [4.69, 9.17) is 9.47 Å². The summed E-state index contributed by atoms with van der Waals surface area (Å²) in [4.78, 5) is 28.8. The van der Waals surface area contributed by atoms with E-state index >= 15 is 0 Å². The monoisotopic (exact) mass is 357 g/mol. The van der Waals surface area contributed by atoms with E-state index in [9.17, 15) is 9.59 Å². The molecule has 1 N–H and O–H groups in total. The van der Waals surface area contributed by atoms with Gasteiger partial charge in [0, 0.05) is 50.2 Å². The summed E-state index contributed by atoms with van der Waals surface area (Å²) in [6.07, 6.45) is 5.70. The topological polar surface area (TPSA) is 82.5 Å². The first-order valence-electron chi connectivity index (χ1n) is 8.78. The lowest BCUT2D eigenvalue weighted by Gasteiger charge is -2.17. The van der Waals surface area contributed by atoms with Crippen molar-refractivity contribution in [3.8, 4) is 5.75 Å². The predicted molar refractivity (Wildman–Crippen MR) is 96.7 cm³/mol. The molecule has 0 fully saturated rings. The van der Waals surface area contributed by atoms with Gasteiger partial charge in [0.15, 0.2) is 0 Å². The average molecular weight is 357 g/mol.